The number of unbranched alkanes of at least 4 members (excludes halogenated alkanes) is 13. The fourth-order valence-corrected chi connectivity index (χ4v) is 6.85. The van der Waals surface area contributed by atoms with E-state index in [4.69, 9.17) is 14.2 Å². The van der Waals surface area contributed by atoms with E-state index in [9.17, 15) is 9.59 Å². The highest BCUT2D eigenvalue weighted by molar-refractivity contribution is 5.70. The highest BCUT2D eigenvalue weighted by Gasteiger charge is 2.17. The van der Waals surface area contributed by atoms with E-state index in [1.165, 1.54) is 57.8 Å². The standard InChI is InChI=1S/C63H100O5/c1-4-7-10-13-16-19-22-25-28-30-31-32-34-37-40-43-46-49-52-55-58-66-59-61(68-63(65)57-54-51-48-45-42-39-35-27-24-21-18-15-12-9-6-3)60-67-62(64)56-53-50-47-44-41-38-36-33-29-26-23-20-17-14-11-8-5-2/h7-8,10-11,16-17,19-20,25-29,31-32,35-38,40,44,46-47,49,61H,4-6,9,12-15,18,21-24,30,33-34,39,41-43,45,48,50-60H2,1-3H3/b10-7-,11-8-,19-16-,20-17-,28-25-,29-26-,32-31-,35-27-,38-36-,40-37-,47-44-,49-46-. The molecule has 0 aromatic heterocycles. The normalized spacial score (nSPS) is 13.4. The molecule has 5 heteroatoms. The molecule has 68 heavy (non-hydrogen) atoms. The molecular weight excluding hydrogens is 837 g/mol. The van der Waals surface area contributed by atoms with Crippen molar-refractivity contribution in [3.05, 3.63) is 146 Å². The molecule has 0 spiro atoms. The Kier molecular flexibility index (Phi) is 53.6. The second kappa shape index (κ2) is 57.1. The van der Waals surface area contributed by atoms with Crippen LogP contribution in [0, 0.1) is 0 Å². The minimum absolute atomic E-state index is 0.0196. The molecule has 382 valence electrons. The minimum atomic E-state index is -0.605. The summed E-state index contributed by atoms with van der Waals surface area (Å²) >= 11 is 0. The summed E-state index contributed by atoms with van der Waals surface area (Å²) in [6.45, 7) is 7.36. The Balaban J connectivity index is 4.51. The number of rotatable bonds is 48. The Bertz CT molecular complexity index is 1480. The van der Waals surface area contributed by atoms with Gasteiger partial charge in [-0.1, -0.05) is 218 Å². The molecule has 1 unspecified atom stereocenters. The van der Waals surface area contributed by atoms with E-state index in [-0.39, 0.29) is 25.2 Å². The van der Waals surface area contributed by atoms with Crippen molar-refractivity contribution in [2.75, 3.05) is 19.8 Å². The van der Waals surface area contributed by atoms with Crippen LogP contribution in [0.3, 0.4) is 0 Å². The molecule has 0 N–H and O–H groups in total. The molecule has 0 heterocycles. The summed E-state index contributed by atoms with van der Waals surface area (Å²) in [4.78, 5) is 25.4. The summed E-state index contributed by atoms with van der Waals surface area (Å²) in [5, 5.41) is 0. The van der Waals surface area contributed by atoms with E-state index in [2.05, 4.69) is 167 Å². The molecule has 0 aliphatic heterocycles. The molecule has 0 rings (SSSR count). The fraction of sp³-hybridized carbons (Fsp3) is 0.587. The summed E-state index contributed by atoms with van der Waals surface area (Å²) < 4.78 is 17.3. The van der Waals surface area contributed by atoms with Crippen molar-refractivity contribution in [2.45, 2.75) is 219 Å². The van der Waals surface area contributed by atoms with Crippen LogP contribution in [0.4, 0.5) is 0 Å². The van der Waals surface area contributed by atoms with Gasteiger partial charge in [0.05, 0.1) is 6.61 Å². The molecule has 0 bridgehead atoms. The third-order valence-corrected chi connectivity index (χ3v) is 10.8. The summed E-state index contributed by atoms with van der Waals surface area (Å²) in [6, 6.07) is 0. The molecule has 1 atom stereocenters. The first kappa shape index (κ1) is 63.8. The Morgan fingerprint density at radius 2 is 0.676 bits per heavy atom. The third-order valence-electron chi connectivity index (χ3n) is 10.8. The largest absolute Gasteiger partial charge is 0.462 e. The van der Waals surface area contributed by atoms with Crippen molar-refractivity contribution in [1.82, 2.24) is 0 Å². The second-order valence-corrected chi connectivity index (χ2v) is 17.4. The van der Waals surface area contributed by atoms with Gasteiger partial charge in [0, 0.05) is 19.4 Å². The number of allylic oxidation sites excluding steroid dienone is 24. The molecule has 0 amide bonds. The van der Waals surface area contributed by atoms with Gasteiger partial charge < -0.3 is 14.2 Å². The van der Waals surface area contributed by atoms with Crippen LogP contribution in [-0.4, -0.2) is 37.9 Å². The Labute approximate surface area is 419 Å². The van der Waals surface area contributed by atoms with Crippen molar-refractivity contribution in [3.8, 4) is 0 Å². The predicted molar refractivity (Wildman–Crippen MR) is 297 cm³/mol. The predicted octanol–water partition coefficient (Wildman–Crippen LogP) is 18.9. The molecule has 5 nitrogen and oxygen atoms in total. The van der Waals surface area contributed by atoms with Gasteiger partial charge in [-0.15, -0.1) is 0 Å². The van der Waals surface area contributed by atoms with Crippen LogP contribution in [0.1, 0.15) is 213 Å². The quantitative estimate of drug-likeness (QED) is 0.0346. The lowest BCUT2D eigenvalue weighted by atomic mass is 10.1. The van der Waals surface area contributed by atoms with E-state index in [0.29, 0.717) is 25.9 Å². The number of carbonyl (C=O) groups excluding carboxylic acids is 2. The van der Waals surface area contributed by atoms with Crippen molar-refractivity contribution in [2.24, 2.45) is 0 Å². The van der Waals surface area contributed by atoms with Crippen molar-refractivity contribution >= 4 is 11.9 Å². The van der Waals surface area contributed by atoms with Gasteiger partial charge in [0.2, 0.25) is 0 Å². The smallest absolute Gasteiger partial charge is 0.306 e. The Morgan fingerprint density at radius 1 is 0.338 bits per heavy atom. The molecule has 0 saturated carbocycles. The number of ether oxygens (including phenoxy) is 3. The van der Waals surface area contributed by atoms with E-state index < -0.39 is 6.10 Å². The van der Waals surface area contributed by atoms with E-state index in [1.807, 2.05) is 0 Å². The van der Waals surface area contributed by atoms with Crippen LogP contribution in [0.25, 0.3) is 0 Å². The SMILES string of the molecule is CC/C=C\C/C=C\C/C=C\C/C=C\C/C=C\C/C=C\CCCOCC(COC(=O)CCC/C=C\C/C=C\C/C=C\C/C=C\C/C=C\CC)OC(=O)CCCCCCC/C=C\CCCCCCCC. The maximum absolute atomic E-state index is 12.8. The number of hydrogen-bond acceptors (Lipinski definition) is 5. The molecule has 0 fully saturated rings. The van der Waals surface area contributed by atoms with Gasteiger partial charge in [-0.05, 0) is 128 Å². The minimum Gasteiger partial charge on any atom is -0.462 e. The molecule has 0 aromatic carbocycles. The number of esters is 2. The first-order valence-electron chi connectivity index (χ1n) is 27.4. The van der Waals surface area contributed by atoms with Gasteiger partial charge >= 0.3 is 11.9 Å². The average molecular weight is 937 g/mol. The van der Waals surface area contributed by atoms with Crippen molar-refractivity contribution in [3.63, 3.8) is 0 Å². The van der Waals surface area contributed by atoms with Gasteiger partial charge in [0.15, 0.2) is 6.10 Å². The molecule has 0 aliphatic rings. The van der Waals surface area contributed by atoms with E-state index in [0.717, 1.165) is 116 Å². The van der Waals surface area contributed by atoms with E-state index >= 15 is 0 Å². The summed E-state index contributed by atoms with van der Waals surface area (Å²) in [5.74, 6) is -0.517. The Morgan fingerprint density at radius 3 is 1.12 bits per heavy atom. The lowest BCUT2D eigenvalue weighted by Gasteiger charge is -2.18. The Hall–Kier alpha value is -4.22. The molecule has 0 aromatic rings. The summed E-state index contributed by atoms with van der Waals surface area (Å²) in [5.41, 5.74) is 0. The van der Waals surface area contributed by atoms with Gasteiger partial charge in [0.1, 0.15) is 6.61 Å². The zero-order valence-corrected chi connectivity index (χ0v) is 43.8. The average Bonchev–Trinajstić information content (AvgIpc) is 3.34. The van der Waals surface area contributed by atoms with Crippen molar-refractivity contribution < 1.29 is 23.8 Å². The molecule has 0 saturated heterocycles. The zero-order chi connectivity index (χ0) is 49.2. The highest BCUT2D eigenvalue weighted by atomic mass is 16.6. The molecule has 0 radical (unpaired) electrons. The number of hydrogen-bond donors (Lipinski definition) is 0. The number of carbonyl (C=O) groups is 2. The van der Waals surface area contributed by atoms with Crippen molar-refractivity contribution in [1.29, 1.82) is 0 Å². The second-order valence-electron chi connectivity index (χ2n) is 17.4. The lowest BCUT2D eigenvalue weighted by molar-refractivity contribution is -0.162. The van der Waals surface area contributed by atoms with E-state index in [1.54, 1.807) is 0 Å². The van der Waals surface area contributed by atoms with Gasteiger partial charge in [-0.2, -0.15) is 0 Å². The first-order chi connectivity index (χ1) is 33.6. The van der Waals surface area contributed by atoms with Gasteiger partial charge in [-0.3, -0.25) is 9.59 Å². The van der Waals surface area contributed by atoms with Crippen LogP contribution in [0.15, 0.2) is 146 Å². The van der Waals surface area contributed by atoms with Gasteiger partial charge in [0.25, 0.3) is 0 Å². The summed E-state index contributed by atoms with van der Waals surface area (Å²) in [7, 11) is 0. The molecule has 0 aliphatic carbocycles. The van der Waals surface area contributed by atoms with Crippen LogP contribution in [0.5, 0.6) is 0 Å². The molecular formula is C63H100O5. The van der Waals surface area contributed by atoms with Gasteiger partial charge in [-0.25, -0.2) is 0 Å². The van der Waals surface area contributed by atoms with Crippen LogP contribution < -0.4 is 0 Å². The topological polar surface area (TPSA) is 61.8 Å². The van der Waals surface area contributed by atoms with Crippen LogP contribution in [-0.2, 0) is 23.8 Å². The maximum Gasteiger partial charge on any atom is 0.306 e. The third kappa shape index (κ3) is 54.4. The highest BCUT2D eigenvalue weighted by Crippen LogP contribution is 2.12. The monoisotopic (exact) mass is 937 g/mol. The summed E-state index contributed by atoms with van der Waals surface area (Å²) in [6.07, 6.45) is 83.1. The van der Waals surface area contributed by atoms with Crippen LogP contribution in [0.2, 0.25) is 0 Å². The van der Waals surface area contributed by atoms with Crippen LogP contribution >= 0.6 is 0 Å². The lowest BCUT2D eigenvalue weighted by Crippen LogP contribution is -2.30. The first-order valence-corrected chi connectivity index (χ1v) is 27.4. The fourth-order valence-electron chi connectivity index (χ4n) is 6.85. The maximum atomic E-state index is 12.8. The zero-order valence-electron chi connectivity index (χ0n) is 43.8.